The first-order valence-electron chi connectivity index (χ1n) is 8.97. The van der Waals surface area contributed by atoms with Crippen LogP contribution in [0.25, 0.3) is 11.5 Å². The Labute approximate surface area is 181 Å². The number of nitrogens with two attached hydrogens (primary N) is 1. The molecule has 1 aliphatic heterocycles. The van der Waals surface area contributed by atoms with Gasteiger partial charge in [0.05, 0.1) is 17.6 Å². The largest absolute Gasteiger partial charge is 0.444 e. The van der Waals surface area contributed by atoms with Crippen LogP contribution >= 0.6 is 24.8 Å². The molecule has 2 aromatic heterocycles. The summed E-state index contributed by atoms with van der Waals surface area (Å²) in [6, 6.07) is 11.5. The maximum Gasteiger partial charge on any atom is 0.277 e. The minimum absolute atomic E-state index is 0. The van der Waals surface area contributed by atoms with Crippen molar-refractivity contribution in [1.29, 1.82) is 0 Å². The third kappa shape index (κ3) is 5.26. The zero-order valence-corrected chi connectivity index (χ0v) is 17.3. The van der Waals surface area contributed by atoms with Crippen LogP contribution in [0.1, 0.15) is 23.3 Å². The lowest BCUT2D eigenvalue weighted by Gasteiger charge is -2.33. The molecule has 1 fully saturated rings. The van der Waals surface area contributed by atoms with Crippen molar-refractivity contribution in [1.82, 2.24) is 9.97 Å². The lowest BCUT2D eigenvalue weighted by molar-refractivity contribution is 0.102. The molecule has 1 aromatic carbocycles. The van der Waals surface area contributed by atoms with Gasteiger partial charge in [0, 0.05) is 30.9 Å². The predicted octanol–water partition coefficient (Wildman–Crippen LogP) is 3.76. The van der Waals surface area contributed by atoms with Gasteiger partial charge >= 0.3 is 0 Å². The van der Waals surface area contributed by atoms with Crippen LogP contribution in [-0.4, -0.2) is 35.0 Å². The number of nitrogens with one attached hydrogen (secondary N) is 1. The number of aromatic nitrogens is 2. The third-order valence-electron chi connectivity index (χ3n) is 4.60. The van der Waals surface area contributed by atoms with Crippen molar-refractivity contribution in [2.75, 3.05) is 23.3 Å². The van der Waals surface area contributed by atoms with Gasteiger partial charge in [0.15, 0.2) is 5.69 Å². The van der Waals surface area contributed by atoms with Crippen LogP contribution in [0.5, 0.6) is 0 Å². The van der Waals surface area contributed by atoms with Crippen LogP contribution in [0.4, 0.5) is 11.4 Å². The zero-order chi connectivity index (χ0) is 18.6. The molecule has 0 unspecified atom stereocenters. The Kier molecular flexibility index (Phi) is 8.01. The normalized spacial score (nSPS) is 15.8. The van der Waals surface area contributed by atoms with E-state index in [1.165, 1.54) is 6.26 Å². The molecule has 9 heteroatoms. The van der Waals surface area contributed by atoms with Gasteiger partial charge in [0.2, 0.25) is 5.89 Å². The first-order chi connectivity index (χ1) is 13.2. The van der Waals surface area contributed by atoms with Gasteiger partial charge in [-0.1, -0.05) is 18.2 Å². The smallest absolute Gasteiger partial charge is 0.277 e. The summed E-state index contributed by atoms with van der Waals surface area (Å²) in [7, 11) is 0. The van der Waals surface area contributed by atoms with E-state index in [0.717, 1.165) is 37.2 Å². The molecule has 4 rings (SSSR count). The summed E-state index contributed by atoms with van der Waals surface area (Å²) in [5.74, 6) is 0.0747. The Morgan fingerprint density at radius 3 is 2.76 bits per heavy atom. The molecular formula is C20H23Cl2N5O2. The van der Waals surface area contributed by atoms with E-state index in [-0.39, 0.29) is 42.5 Å². The van der Waals surface area contributed by atoms with Gasteiger partial charge in [-0.25, -0.2) is 4.98 Å². The highest BCUT2D eigenvalue weighted by molar-refractivity contribution is 6.04. The summed E-state index contributed by atoms with van der Waals surface area (Å²) in [4.78, 5) is 23.3. The lowest BCUT2D eigenvalue weighted by Crippen LogP contribution is -2.43. The minimum Gasteiger partial charge on any atom is -0.444 e. The average Bonchev–Trinajstić information content (AvgIpc) is 3.19. The van der Waals surface area contributed by atoms with Crippen molar-refractivity contribution in [2.45, 2.75) is 18.9 Å². The molecule has 7 nitrogen and oxygen atoms in total. The number of nitrogens with zero attached hydrogens (tertiary/aromatic N) is 3. The number of carbonyl (C=O) groups excluding carboxylic acids is 1. The lowest BCUT2D eigenvalue weighted by atomic mass is 10.1. The molecule has 3 N–H and O–H groups in total. The number of anilines is 2. The van der Waals surface area contributed by atoms with E-state index < -0.39 is 0 Å². The van der Waals surface area contributed by atoms with Gasteiger partial charge in [0.1, 0.15) is 6.26 Å². The molecule has 3 aromatic rings. The fourth-order valence-corrected chi connectivity index (χ4v) is 3.27. The molecule has 3 heterocycles. The van der Waals surface area contributed by atoms with Crippen LogP contribution in [0, 0.1) is 0 Å². The molecule has 1 atom stereocenters. The standard InChI is InChI=1S/C20H21N5O2.2ClH/c21-15-7-4-10-25(12-15)18-8-9-22-11-16(18)23-19(26)17-13-27-20(24-17)14-5-2-1-3-6-14;;/h1-3,5-6,8-9,11,13,15H,4,7,10,12,21H2,(H,23,26);2*1H/t15-;;/m0../s1. The van der Waals surface area contributed by atoms with Crippen LogP contribution in [-0.2, 0) is 0 Å². The van der Waals surface area contributed by atoms with Crippen LogP contribution in [0.15, 0.2) is 59.5 Å². The summed E-state index contributed by atoms with van der Waals surface area (Å²) in [6.07, 6.45) is 6.77. The summed E-state index contributed by atoms with van der Waals surface area (Å²) in [6.45, 7) is 1.66. The first-order valence-corrected chi connectivity index (χ1v) is 8.97. The SMILES string of the molecule is Cl.Cl.N[C@H]1CCCN(c2ccncc2NC(=O)c2coc(-c3ccccc3)n2)C1. The van der Waals surface area contributed by atoms with Gasteiger partial charge in [-0.05, 0) is 31.0 Å². The van der Waals surface area contributed by atoms with Crippen molar-refractivity contribution in [3.8, 4) is 11.5 Å². The number of piperidine rings is 1. The fourth-order valence-electron chi connectivity index (χ4n) is 3.27. The second-order valence-corrected chi connectivity index (χ2v) is 6.60. The Morgan fingerprint density at radius 1 is 1.21 bits per heavy atom. The molecule has 1 aliphatic rings. The highest BCUT2D eigenvalue weighted by Crippen LogP contribution is 2.28. The summed E-state index contributed by atoms with van der Waals surface area (Å²) < 4.78 is 5.46. The number of benzene rings is 1. The van der Waals surface area contributed by atoms with Gasteiger partial charge in [0.25, 0.3) is 5.91 Å². The van der Waals surface area contributed by atoms with Crippen LogP contribution in [0.2, 0.25) is 0 Å². The van der Waals surface area contributed by atoms with Crippen molar-refractivity contribution < 1.29 is 9.21 Å². The topological polar surface area (TPSA) is 97.3 Å². The van der Waals surface area contributed by atoms with Gasteiger partial charge in [-0.3, -0.25) is 9.78 Å². The summed E-state index contributed by atoms with van der Waals surface area (Å²) >= 11 is 0. The van der Waals surface area contributed by atoms with E-state index >= 15 is 0 Å². The van der Waals surface area contributed by atoms with E-state index in [2.05, 4.69) is 20.2 Å². The summed E-state index contributed by atoms with van der Waals surface area (Å²) in [5, 5.41) is 2.90. The van der Waals surface area contributed by atoms with E-state index in [1.807, 2.05) is 36.4 Å². The third-order valence-corrected chi connectivity index (χ3v) is 4.60. The number of rotatable bonds is 4. The molecule has 0 saturated carbocycles. The zero-order valence-electron chi connectivity index (χ0n) is 15.7. The van der Waals surface area contributed by atoms with Crippen molar-refractivity contribution >= 4 is 42.1 Å². The second-order valence-electron chi connectivity index (χ2n) is 6.60. The maximum atomic E-state index is 12.7. The van der Waals surface area contributed by atoms with E-state index in [4.69, 9.17) is 10.2 Å². The Bertz CT molecular complexity index is 935. The highest BCUT2D eigenvalue weighted by atomic mass is 35.5. The minimum atomic E-state index is -0.337. The molecule has 29 heavy (non-hydrogen) atoms. The molecule has 0 bridgehead atoms. The number of carbonyl (C=O) groups is 1. The second kappa shape index (κ2) is 10.2. The number of hydrogen-bond donors (Lipinski definition) is 2. The monoisotopic (exact) mass is 435 g/mol. The van der Waals surface area contributed by atoms with Crippen LogP contribution in [0.3, 0.4) is 0 Å². The number of halogens is 2. The Morgan fingerprint density at radius 2 is 2.00 bits per heavy atom. The highest BCUT2D eigenvalue weighted by Gasteiger charge is 2.21. The van der Waals surface area contributed by atoms with Crippen molar-refractivity contribution in [3.05, 3.63) is 60.7 Å². The predicted molar refractivity (Wildman–Crippen MR) is 118 cm³/mol. The van der Waals surface area contributed by atoms with E-state index in [0.29, 0.717) is 11.6 Å². The molecule has 0 radical (unpaired) electrons. The molecule has 1 amide bonds. The van der Waals surface area contributed by atoms with Gasteiger partial charge in [-0.2, -0.15) is 0 Å². The fraction of sp³-hybridized carbons (Fsp3) is 0.250. The number of hydrogen-bond acceptors (Lipinski definition) is 6. The molecular weight excluding hydrogens is 413 g/mol. The molecule has 1 saturated heterocycles. The number of oxazole rings is 1. The van der Waals surface area contributed by atoms with Gasteiger partial charge in [-0.15, -0.1) is 24.8 Å². The Hall–Kier alpha value is -2.61. The summed E-state index contributed by atoms with van der Waals surface area (Å²) in [5.41, 5.74) is 8.69. The maximum absolute atomic E-state index is 12.7. The van der Waals surface area contributed by atoms with Crippen LogP contribution < -0.4 is 16.0 Å². The quantitative estimate of drug-likeness (QED) is 0.647. The van der Waals surface area contributed by atoms with Gasteiger partial charge < -0.3 is 20.4 Å². The average molecular weight is 436 g/mol. The van der Waals surface area contributed by atoms with Crippen molar-refractivity contribution in [3.63, 3.8) is 0 Å². The molecule has 0 spiro atoms. The molecule has 154 valence electrons. The van der Waals surface area contributed by atoms with Crippen molar-refractivity contribution in [2.24, 2.45) is 5.73 Å². The number of amides is 1. The van der Waals surface area contributed by atoms with E-state index in [9.17, 15) is 4.79 Å². The molecule has 0 aliphatic carbocycles. The number of pyridine rings is 1. The first kappa shape index (κ1) is 22.7. The Balaban J connectivity index is 0.00000150. The van der Waals surface area contributed by atoms with E-state index in [1.54, 1.807) is 12.4 Å².